The molecule has 0 saturated heterocycles. The molecule has 0 radical (unpaired) electrons. The van der Waals surface area contributed by atoms with Crippen molar-refractivity contribution in [3.63, 3.8) is 0 Å². The average molecular weight is 469 g/mol. The third-order valence-electron chi connectivity index (χ3n) is 6.77. The fraction of sp³-hybridized carbons (Fsp3) is 0.931. The smallest absolute Gasteiger partial charge is 0.308 e. The molecule has 33 heavy (non-hydrogen) atoms. The first kappa shape index (κ1) is 31.9. The van der Waals surface area contributed by atoms with E-state index in [0.29, 0.717) is 25.6 Å². The first-order valence-electron chi connectivity index (χ1n) is 14.3. The Labute approximate surface area is 206 Å². The number of unbranched alkanes of at least 4 members (excludes halogenated alkanes) is 14. The predicted octanol–water partition coefficient (Wildman–Crippen LogP) is 8.80. The van der Waals surface area contributed by atoms with Gasteiger partial charge in [-0.15, -0.1) is 0 Å². The SMILES string of the molecule is CCCCOC(=O)CCCCCCCCCCCCCCCC(C)C(C)C(=O)OCCCC. The van der Waals surface area contributed by atoms with Crippen LogP contribution in [0.4, 0.5) is 0 Å². The number of ether oxygens (including phenoxy) is 2. The van der Waals surface area contributed by atoms with Gasteiger partial charge in [-0.3, -0.25) is 9.59 Å². The summed E-state index contributed by atoms with van der Waals surface area (Å²) in [5, 5.41) is 0. The van der Waals surface area contributed by atoms with E-state index in [0.717, 1.165) is 44.9 Å². The Balaban J connectivity index is 3.35. The summed E-state index contributed by atoms with van der Waals surface area (Å²) in [6, 6.07) is 0. The highest BCUT2D eigenvalue weighted by atomic mass is 16.5. The van der Waals surface area contributed by atoms with E-state index in [2.05, 4.69) is 20.8 Å². The zero-order chi connectivity index (χ0) is 24.6. The monoisotopic (exact) mass is 468 g/mol. The van der Waals surface area contributed by atoms with Crippen molar-refractivity contribution in [3.05, 3.63) is 0 Å². The van der Waals surface area contributed by atoms with Crippen molar-refractivity contribution in [2.24, 2.45) is 11.8 Å². The van der Waals surface area contributed by atoms with Crippen LogP contribution in [0.2, 0.25) is 0 Å². The van der Waals surface area contributed by atoms with E-state index in [-0.39, 0.29) is 17.9 Å². The lowest BCUT2D eigenvalue weighted by Gasteiger charge is -2.18. The van der Waals surface area contributed by atoms with Crippen LogP contribution in [0.3, 0.4) is 0 Å². The second kappa shape index (κ2) is 24.1. The molecule has 2 unspecified atom stereocenters. The van der Waals surface area contributed by atoms with Gasteiger partial charge < -0.3 is 9.47 Å². The number of rotatable bonds is 24. The van der Waals surface area contributed by atoms with E-state index >= 15 is 0 Å². The molecular formula is C29H56O4. The highest BCUT2D eigenvalue weighted by Crippen LogP contribution is 2.21. The molecule has 0 aliphatic carbocycles. The highest BCUT2D eigenvalue weighted by molar-refractivity contribution is 5.72. The van der Waals surface area contributed by atoms with Crippen molar-refractivity contribution >= 4 is 11.9 Å². The molecular weight excluding hydrogens is 412 g/mol. The molecule has 0 fully saturated rings. The van der Waals surface area contributed by atoms with Gasteiger partial charge in [0.15, 0.2) is 0 Å². The quantitative estimate of drug-likeness (QED) is 0.105. The molecule has 0 amide bonds. The van der Waals surface area contributed by atoms with Crippen molar-refractivity contribution in [1.29, 1.82) is 0 Å². The van der Waals surface area contributed by atoms with Gasteiger partial charge in [0.2, 0.25) is 0 Å². The third kappa shape index (κ3) is 21.2. The molecule has 0 bridgehead atoms. The number of hydrogen-bond acceptors (Lipinski definition) is 4. The van der Waals surface area contributed by atoms with Crippen molar-refractivity contribution in [3.8, 4) is 0 Å². The molecule has 0 heterocycles. The maximum Gasteiger partial charge on any atom is 0.308 e. The lowest BCUT2D eigenvalue weighted by atomic mass is 9.90. The van der Waals surface area contributed by atoms with Gasteiger partial charge in [-0.2, -0.15) is 0 Å². The zero-order valence-corrected chi connectivity index (χ0v) is 22.6. The summed E-state index contributed by atoms with van der Waals surface area (Å²) >= 11 is 0. The van der Waals surface area contributed by atoms with Crippen LogP contribution in [0.15, 0.2) is 0 Å². The summed E-state index contributed by atoms with van der Waals surface area (Å²) in [4.78, 5) is 23.6. The standard InChI is InChI=1S/C29H56O4/c1-5-7-24-32-28(30)23-21-19-17-15-13-11-9-10-12-14-16-18-20-22-26(3)27(4)29(31)33-25-8-6-2/h26-27H,5-25H2,1-4H3. The summed E-state index contributed by atoms with van der Waals surface area (Å²) < 4.78 is 10.5. The lowest BCUT2D eigenvalue weighted by Crippen LogP contribution is -2.22. The number of carbonyl (C=O) groups is 2. The summed E-state index contributed by atoms with van der Waals surface area (Å²) in [7, 11) is 0. The van der Waals surface area contributed by atoms with Crippen molar-refractivity contribution in [2.45, 2.75) is 150 Å². The molecule has 0 spiro atoms. The van der Waals surface area contributed by atoms with Crippen LogP contribution in [0.1, 0.15) is 150 Å². The Bertz CT molecular complexity index is 449. The molecule has 4 nitrogen and oxygen atoms in total. The predicted molar refractivity (Wildman–Crippen MR) is 139 cm³/mol. The summed E-state index contributed by atoms with van der Waals surface area (Å²) in [6.45, 7) is 9.59. The van der Waals surface area contributed by atoms with Gasteiger partial charge in [-0.1, -0.05) is 118 Å². The molecule has 4 heteroatoms. The summed E-state index contributed by atoms with van der Waals surface area (Å²) in [5.74, 6) is 0.404. The second-order valence-electron chi connectivity index (χ2n) is 10.00. The van der Waals surface area contributed by atoms with Crippen LogP contribution in [0.5, 0.6) is 0 Å². The molecule has 0 aliphatic rings. The van der Waals surface area contributed by atoms with Crippen LogP contribution in [0, 0.1) is 11.8 Å². The van der Waals surface area contributed by atoms with E-state index in [4.69, 9.17) is 9.47 Å². The molecule has 2 atom stereocenters. The van der Waals surface area contributed by atoms with Crippen molar-refractivity contribution in [2.75, 3.05) is 13.2 Å². The molecule has 0 saturated carbocycles. The largest absolute Gasteiger partial charge is 0.466 e. The van der Waals surface area contributed by atoms with Crippen LogP contribution in [0.25, 0.3) is 0 Å². The van der Waals surface area contributed by atoms with E-state index < -0.39 is 0 Å². The maximum atomic E-state index is 12.0. The molecule has 0 rings (SSSR count). The summed E-state index contributed by atoms with van der Waals surface area (Å²) in [6.07, 6.45) is 22.4. The first-order chi connectivity index (χ1) is 16.0. The number of esters is 2. The molecule has 0 N–H and O–H groups in total. The van der Waals surface area contributed by atoms with E-state index in [1.165, 1.54) is 70.6 Å². The first-order valence-corrected chi connectivity index (χ1v) is 14.3. The highest BCUT2D eigenvalue weighted by Gasteiger charge is 2.21. The van der Waals surface area contributed by atoms with E-state index in [1.54, 1.807) is 0 Å². The Morgan fingerprint density at radius 1 is 0.576 bits per heavy atom. The lowest BCUT2D eigenvalue weighted by molar-refractivity contribution is -0.150. The van der Waals surface area contributed by atoms with Gasteiger partial charge in [0, 0.05) is 6.42 Å². The second-order valence-corrected chi connectivity index (χ2v) is 10.00. The van der Waals surface area contributed by atoms with Gasteiger partial charge in [0.1, 0.15) is 0 Å². The minimum Gasteiger partial charge on any atom is -0.466 e. The molecule has 196 valence electrons. The van der Waals surface area contributed by atoms with Crippen molar-refractivity contribution in [1.82, 2.24) is 0 Å². The van der Waals surface area contributed by atoms with E-state index in [1.807, 2.05) is 6.92 Å². The van der Waals surface area contributed by atoms with Crippen LogP contribution < -0.4 is 0 Å². The topological polar surface area (TPSA) is 52.6 Å². The van der Waals surface area contributed by atoms with Crippen LogP contribution in [-0.2, 0) is 19.1 Å². The minimum absolute atomic E-state index is 0.0153. The van der Waals surface area contributed by atoms with Gasteiger partial charge in [0.05, 0.1) is 19.1 Å². The molecule has 0 aliphatic heterocycles. The fourth-order valence-electron chi connectivity index (χ4n) is 4.01. The zero-order valence-electron chi connectivity index (χ0n) is 22.6. The molecule has 0 aromatic heterocycles. The number of hydrogen-bond donors (Lipinski definition) is 0. The maximum absolute atomic E-state index is 12.0. The van der Waals surface area contributed by atoms with E-state index in [9.17, 15) is 9.59 Å². The number of carbonyl (C=O) groups excluding carboxylic acids is 2. The van der Waals surface area contributed by atoms with Gasteiger partial charge >= 0.3 is 11.9 Å². The van der Waals surface area contributed by atoms with Crippen molar-refractivity contribution < 1.29 is 19.1 Å². The third-order valence-corrected chi connectivity index (χ3v) is 6.77. The molecule has 0 aromatic carbocycles. The fourth-order valence-corrected chi connectivity index (χ4v) is 4.01. The van der Waals surface area contributed by atoms with Gasteiger partial charge in [-0.05, 0) is 31.6 Å². The Morgan fingerprint density at radius 3 is 1.48 bits per heavy atom. The Kier molecular flexibility index (Phi) is 23.3. The van der Waals surface area contributed by atoms with Crippen LogP contribution >= 0.6 is 0 Å². The minimum atomic E-state index is -0.0185. The average Bonchev–Trinajstić information content (AvgIpc) is 2.81. The Hall–Kier alpha value is -1.06. The van der Waals surface area contributed by atoms with Crippen LogP contribution in [-0.4, -0.2) is 25.2 Å². The van der Waals surface area contributed by atoms with Gasteiger partial charge in [-0.25, -0.2) is 0 Å². The Morgan fingerprint density at radius 2 is 1.00 bits per heavy atom. The summed E-state index contributed by atoms with van der Waals surface area (Å²) in [5.41, 5.74) is 0. The normalized spacial score (nSPS) is 13.0. The van der Waals surface area contributed by atoms with Gasteiger partial charge in [0.25, 0.3) is 0 Å². The molecule has 0 aromatic rings.